The Hall–Kier alpha value is -5.87. The number of likely N-dealkylation sites (N-methyl/N-ethyl adjacent to an activating group) is 1. The molecule has 0 amide bonds. The van der Waals surface area contributed by atoms with Crippen molar-refractivity contribution in [2.45, 2.75) is 193 Å². The van der Waals surface area contributed by atoms with Crippen molar-refractivity contribution < 1.29 is 42.9 Å². The van der Waals surface area contributed by atoms with E-state index in [0.29, 0.717) is 23.9 Å². The third-order valence-corrected chi connectivity index (χ3v) is 11.8. The summed E-state index contributed by atoms with van der Waals surface area (Å²) in [4.78, 5) is 37.5. The van der Waals surface area contributed by atoms with Gasteiger partial charge < -0.3 is 28.5 Å². The highest BCUT2D eigenvalue weighted by Crippen LogP contribution is 2.11. The highest BCUT2D eigenvalue weighted by atomic mass is 16.7. The number of carbonyl (C=O) groups excluding carboxylic acids is 2. The lowest BCUT2D eigenvalue weighted by atomic mass is 10.1. The minimum Gasteiger partial charge on any atom is -0.477 e. The lowest BCUT2D eigenvalue weighted by Gasteiger charge is -2.25. The van der Waals surface area contributed by atoms with E-state index in [0.717, 1.165) is 141 Å². The summed E-state index contributed by atoms with van der Waals surface area (Å²) in [7, 11) is 5.93. The van der Waals surface area contributed by atoms with Crippen LogP contribution in [0.3, 0.4) is 0 Å². The largest absolute Gasteiger partial charge is 0.477 e. The standard InChI is InChI=1S/C72H109NO8/c1-6-8-10-12-14-16-18-20-22-24-26-28-30-32-34-35-37-39-41-43-45-47-49-51-53-55-57-59-61-63-70(75)81-68(67-80-72(71(76)77)78-65-64-73(3,4)5)66-79-69(74)62-60-58-56-54-52-50-48-46-44-42-40-38-36-33-31-29-27-25-23-21-19-17-15-13-11-9-7-2/h8-11,14-17,20-23,26-29,32-34,36-37,39-40,42-43,45-46,48-49,51-52,54,68,72H,6-7,12-13,18-19,24-25,30-31,35,38,41,44,47,50,53,55-67H2,1-5H3/p+1/b10-8-,11-9-,16-14-,17-15-,22-20-,23-21-,28-26-,29-27-,34-32-,36-33-,39-37-,42-40-,45-43-,48-46-,51-49-,54-52-. The van der Waals surface area contributed by atoms with Gasteiger partial charge in [-0.3, -0.25) is 9.59 Å². The van der Waals surface area contributed by atoms with Gasteiger partial charge in [-0.15, -0.1) is 0 Å². The molecule has 0 aromatic carbocycles. The van der Waals surface area contributed by atoms with E-state index in [9.17, 15) is 19.5 Å². The SMILES string of the molecule is CC/C=C\C/C=C\C/C=C\C/C=C\C/C=C\C/C=C\C/C=C\C/C=C\CCCCCCC(=O)OC(COC(=O)CCCC/C=C\C/C=C\C/C=C\C/C=C\C/C=C\C/C=C\C/C=C\C/C=C\CC)COC(OCC[N+](C)(C)C)C(=O)O. The monoisotopic (exact) mass is 1120 g/mol. The molecule has 0 rings (SSSR count). The van der Waals surface area contributed by atoms with Gasteiger partial charge in [-0.25, -0.2) is 4.79 Å². The molecule has 0 fully saturated rings. The lowest BCUT2D eigenvalue weighted by molar-refractivity contribution is -0.870. The van der Waals surface area contributed by atoms with Gasteiger partial charge >= 0.3 is 17.9 Å². The molecule has 0 aromatic rings. The van der Waals surface area contributed by atoms with Crippen LogP contribution >= 0.6 is 0 Å². The van der Waals surface area contributed by atoms with Crippen LogP contribution in [0.4, 0.5) is 0 Å². The molecule has 0 aliphatic heterocycles. The number of nitrogens with zero attached hydrogens (tertiary/aromatic N) is 1. The molecule has 0 bridgehead atoms. The average Bonchev–Trinajstić information content (AvgIpc) is 3.44. The Labute approximate surface area is 493 Å². The average molecular weight is 1120 g/mol. The summed E-state index contributed by atoms with van der Waals surface area (Å²) >= 11 is 0. The first kappa shape index (κ1) is 75.1. The quantitative estimate of drug-likeness (QED) is 0.0211. The van der Waals surface area contributed by atoms with Crippen molar-refractivity contribution in [1.82, 2.24) is 0 Å². The molecular formula is C72H110NO8+. The summed E-state index contributed by atoms with van der Waals surface area (Å²) in [5.41, 5.74) is 0. The van der Waals surface area contributed by atoms with E-state index in [1.807, 2.05) is 21.1 Å². The van der Waals surface area contributed by atoms with Gasteiger partial charge in [0, 0.05) is 12.8 Å². The smallest absolute Gasteiger partial charge is 0.361 e. The molecular weight excluding hydrogens is 1010 g/mol. The zero-order valence-electron chi connectivity index (χ0n) is 51.1. The zero-order chi connectivity index (χ0) is 59.1. The van der Waals surface area contributed by atoms with Crippen LogP contribution in [0, 0.1) is 0 Å². The molecule has 9 nitrogen and oxygen atoms in total. The summed E-state index contributed by atoms with van der Waals surface area (Å²) in [6.07, 6.45) is 90.8. The number of aliphatic carboxylic acids is 1. The van der Waals surface area contributed by atoms with Crippen LogP contribution in [0.2, 0.25) is 0 Å². The highest BCUT2D eigenvalue weighted by molar-refractivity contribution is 5.71. The van der Waals surface area contributed by atoms with Gasteiger partial charge in [0.15, 0.2) is 6.10 Å². The third-order valence-electron chi connectivity index (χ3n) is 11.8. The molecule has 0 radical (unpaired) electrons. The summed E-state index contributed by atoms with van der Waals surface area (Å²) in [6.45, 7) is 4.52. The van der Waals surface area contributed by atoms with Gasteiger partial charge in [0.1, 0.15) is 13.2 Å². The summed E-state index contributed by atoms with van der Waals surface area (Å²) in [6, 6.07) is 0. The number of allylic oxidation sites excluding steroid dienone is 32. The van der Waals surface area contributed by atoms with Crippen molar-refractivity contribution >= 4 is 17.9 Å². The van der Waals surface area contributed by atoms with Crippen LogP contribution in [-0.2, 0) is 33.3 Å². The molecule has 0 aromatic heterocycles. The van der Waals surface area contributed by atoms with Gasteiger partial charge in [-0.2, -0.15) is 0 Å². The minimum absolute atomic E-state index is 0.162. The number of hydrogen-bond acceptors (Lipinski definition) is 7. The van der Waals surface area contributed by atoms with Crippen LogP contribution < -0.4 is 0 Å². The van der Waals surface area contributed by atoms with E-state index in [1.54, 1.807) is 0 Å². The lowest BCUT2D eigenvalue weighted by Crippen LogP contribution is -2.40. The van der Waals surface area contributed by atoms with Crippen molar-refractivity contribution in [2.75, 3.05) is 47.5 Å². The maximum atomic E-state index is 12.9. The van der Waals surface area contributed by atoms with Crippen molar-refractivity contribution in [3.8, 4) is 0 Å². The summed E-state index contributed by atoms with van der Waals surface area (Å²) < 4.78 is 22.8. The molecule has 2 atom stereocenters. The Balaban J connectivity index is 4.44. The van der Waals surface area contributed by atoms with Crippen LogP contribution in [0.25, 0.3) is 0 Å². The molecule has 0 heterocycles. The molecule has 0 saturated carbocycles. The highest BCUT2D eigenvalue weighted by Gasteiger charge is 2.25. The summed E-state index contributed by atoms with van der Waals surface area (Å²) in [5, 5.41) is 9.72. The van der Waals surface area contributed by atoms with Crippen molar-refractivity contribution in [2.24, 2.45) is 0 Å². The number of quaternary nitrogens is 1. The Kier molecular flexibility index (Phi) is 55.9. The van der Waals surface area contributed by atoms with E-state index in [2.05, 4.69) is 208 Å². The second-order valence-corrected chi connectivity index (χ2v) is 20.5. The predicted octanol–water partition coefficient (Wildman–Crippen LogP) is 18.7. The first-order valence-corrected chi connectivity index (χ1v) is 30.6. The number of carbonyl (C=O) groups is 3. The number of rotatable bonds is 53. The molecule has 0 saturated heterocycles. The van der Waals surface area contributed by atoms with Crippen molar-refractivity contribution in [3.63, 3.8) is 0 Å². The first-order valence-electron chi connectivity index (χ1n) is 30.6. The number of carboxylic acid groups (broad SMARTS) is 1. The first-order chi connectivity index (χ1) is 39.6. The fourth-order valence-electron chi connectivity index (χ4n) is 7.22. The molecule has 1 N–H and O–H groups in total. The van der Waals surface area contributed by atoms with E-state index >= 15 is 0 Å². The Morgan fingerprint density at radius 1 is 0.370 bits per heavy atom. The van der Waals surface area contributed by atoms with Crippen LogP contribution in [0.1, 0.15) is 181 Å². The Bertz CT molecular complexity index is 2020. The van der Waals surface area contributed by atoms with Crippen LogP contribution in [0.5, 0.6) is 0 Å². The van der Waals surface area contributed by atoms with Gasteiger partial charge in [0.25, 0.3) is 6.29 Å². The second kappa shape index (κ2) is 60.2. The van der Waals surface area contributed by atoms with E-state index < -0.39 is 30.3 Å². The van der Waals surface area contributed by atoms with Gasteiger partial charge in [-0.05, 0) is 141 Å². The molecule has 0 aliphatic carbocycles. The molecule has 9 heteroatoms. The van der Waals surface area contributed by atoms with E-state index in [-0.39, 0.29) is 32.7 Å². The molecule has 2 unspecified atom stereocenters. The second-order valence-electron chi connectivity index (χ2n) is 20.5. The number of carboxylic acids is 1. The van der Waals surface area contributed by atoms with Crippen LogP contribution in [0.15, 0.2) is 194 Å². The molecule has 0 aliphatic rings. The topological polar surface area (TPSA) is 108 Å². The van der Waals surface area contributed by atoms with E-state index in [4.69, 9.17) is 18.9 Å². The minimum atomic E-state index is -1.54. The molecule has 450 valence electrons. The number of ether oxygens (including phenoxy) is 4. The van der Waals surface area contributed by atoms with E-state index in [1.165, 1.54) is 0 Å². The number of esters is 2. The molecule has 81 heavy (non-hydrogen) atoms. The maximum absolute atomic E-state index is 12.9. The van der Waals surface area contributed by atoms with Gasteiger partial charge in [0.2, 0.25) is 0 Å². The zero-order valence-corrected chi connectivity index (χ0v) is 51.1. The number of unbranched alkanes of at least 4 members (excludes halogenated alkanes) is 6. The normalized spacial score (nSPS) is 14.1. The van der Waals surface area contributed by atoms with Crippen molar-refractivity contribution in [3.05, 3.63) is 194 Å². The predicted molar refractivity (Wildman–Crippen MR) is 345 cm³/mol. The summed E-state index contributed by atoms with van der Waals surface area (Å²) in [5.74, 6) is -2.13. The fourth-order valence-corrected chi connectivity index (χ4v) is 7.22. The Morgan fingerprint density at radius 2 is 0.667 bits per heavy atom. The fraction of sp³-hybridized carbons (Fsp3) is 0.514. The maximum Gasteiger partial charge on any atom is 0.361 e. The third kappa shape index (κ3) is 61.6. The Morgan fingerprint density at radius 3 is 1.00 bits per heavy atom. The number of hydrogen-bond donors (Lipinski definition) is 1. The van der Waals surface area contributed by atoms with Crippen LogP contribution in [-0.4, -0.2) is 87.4 Å². The van der Waals surface area contributed by atoms with Gasteiger partial charge in [-0.1, -0.05) is 221 Å². The van der Waals surface area contributed by atoms with Gasteiger partial charge in [0.05, 0.1) is 34.4 Å². The molecule has 0 spiro atoms. The van der Waals surface area contributed by atoms with Crippen molar-refractivity contribution in [1.29, 1.82) is 0 Å².